The van der Waals surface area contributed by atoms with Crippen LogP contribution in [0.3, 0.4) is 0 Å². The molecule has 0 aromatic rings. The summed E-state index contributed by atoms with van der Waals surface area (Å²) in [4.78, 5) is 14.4. The Hall–Kier alpha value is -0.610. The molecule has 0 aromatic heterocycles. The van der Waals surface area contributed by atoms with Crippen LogP contribution < -0.4 is 5.32 Å². The molecule has 2 rings (SSSR count). The summed E-state index contributed by atoms with van der Waals surface area (Å²) < 4.78 is 6.00. The maximum absolute atomic E-state index is 12.4. The van der Waals surface area contributed by atoms with Gasteiger partial charge in [-0.3, -0.25) is 4.79 Å². The zero-order valence-electron chi connectivity index (χ0n) is 13.3. The smallest absolute Gasteiger partial charge is 0.239 e. The lowest BCUT2D eigenvalue weighted by Gasteiger charge is -2.41. The molecular weight excluding hydrogens is 252 g/mol. The fourth-order valence-corrected chi connectivity index (χ4v) is 3.55. The first-order chi connectivity index (χ1) is 9.60. The monoisotopic (exact) mass is 282 g/mol. The van der Waals surface area contributed by atoms with Crippen molar-refractivity contribution in [1.82, 2.24) is 10.2 Å². The molecule has 2 aliphatic heterocycles. The quantitative estimate of drug-likeness (QED) is 0.841. The van der Waals surface area contributed by atoms with Gasteiger partial charge in [-0.2, -0.15) is 0 Å². The summed E-state index contributed by atoms with van der Waals surface area (Å²) in [6.45, 7) is 9.09. The van der Waals surface area contributed by atoms with Crippen LogP contribution in [0.15, 0.2) is 0 Å². The fourth-order valence-electron chi connectivity index (χ4n) is 3.55. The number of nitrogens with zero attached hydrogens (tertiary/aromatic N) is 1. The Morgan fingerprint density at radius 1 is 1.35 bits per heavy atom. The van der Waals surface area contributed by atoms with E-state index in [1.807, 2.05) is 11.8 Å². The van der Waals surface area contributed by atoms with Crippen LogP contribution in [0.4, 0.5) is 0 Å². The van der Waals surface area contributed by atoms with Gasteiger partial charge in [0.05, 0.1) is 11.6 Å². The van der Waals surface area contributed by atoms with Crippen molar-refractivity contribution < 1.29 is 9.53 Å². The van der Waals surface area contributed by atoms with Crippen LogP contribution in [0.2, 0.25) is 0 Å². The van der Waals surface area contributed by atoms with Gasteiger partial charge in [0.2, 0.25) is 5.91 Å². The van der Waals surface area contributed by atoms with Gasteiger partial charge in [-0.15, -0.1) is 0 Å². The standard InChI is InChI=1S/C16H30N2O2/c1-4-16(5-2)12-14(8-11-20-16)17-13(3)15(19)18-9-6-7-10-18/h13-14,17H,4-12H2,1-3H3. The molecule has 0 aliphatic carbocycles. The van der Waals surface area contributed by atoms with E-state index in [1.165, 1.54) is 0 Å². The molecule has 116 valence electrons. The minimum absolute atomic E-state index is 0.0202. The van der Waals surface area contributed by atoms with Crippen molar-refractivity contribution in [3.05, 3.63) is 0 Å². The van der Waals surface area contributed by atoms with E-state index in [4.69, 9.17) is 4.74 Å². The van der Waals surface area contributed by atoms with Crippen LogP contribution in [-0.4, -0.2) is 48.2 Å². The first kappa shape index (κ1) is 15.8. The lowest BCUT2D eigenvalue weighted by atomic mass is 9.85. The third-order valence-corrected chi connectivity index (χ3v) is 5.06. The van der Waals surface area contributed by atoms with E-state index >= 15 is 0 Å². The average molecular weight is 282 g/mol. The number of ether oxygens (including phenoxy) is 1. The molecule has 2 unspecified atom stereocenters. The molecule has 2 atom stereocenters. The average Bonchev–Trinajstić information content (AvgIpc) is 3.00. The Bertz CT molecular complexity index is 322. The summed E-state index contributed by atoms with van der Waals surface area (Å²) in [6.07, 6.45) is 6.46. The number of carbonyl (C=O) groups is 1. The minimum atomic E-state index is -0.0670. The zero-order chi connectivity index (χ0) is 14.6. The summed E-state index contributed by atoms with van der Waals surface area (Å²) in [5.41, 5.74) is 0.0202. The number of hydrogen-bond acceptors (Lipinski definition) is 3. The molecule has 0 spiro atoms. The highest BCUT2D eigenvalue weighted by Gasteiger charge is 2.35. The van der Waals surface area contributed by atoms with Crippen LogP contribution in [0.1, 0.15) is 59.3 Å². The normalized spacial score (nSPS) is 27.6. The topological polar surface area (TPSA) is 41.6 Å². The van der Waals surface area contributed by atoms with Gasteiger partial charge >= 0.3 is 0 Å². The molecule has 2 saturated heterocycles. The van der Waals surface area contributed by atoms with Gasteiger partial charge in [0.25, 0.3) is 0 Å². The predicted molar refractivity (Wildman–Crippen MR) is 80.7 cm³/mol. The molecule has 4 nitrogen and oxygen atoms in total. The summed E-state index contributed by atoms with van der Waals surface area (Å²) in [6, 6.07) is 0.341. The summed E-state index contributed by atoms with van der Waals surface area (Å²) in [5, 5.41) is 3.55. The third kappa shape index (κ3) is 3.53. The number of rotatable bonds is 5. The lowest BCUT2D eigenvalue weighted by Crippen LogP contribution is -2.52. The Morgan fingerprint density at radius 3 is 2.60 bits per heavy atom. The van der Waals surface area contributed by atoms with Crippen molar-refractivity contribution in [1.29, 1.82) is 0 Å². The van der Waals surface area contributed by atoms with E-state index in [2.05, 4.69) is 19.2 Å². The van der Waals surface area contributed by atoms with Crippen molar-refractivity contribution in [3.63, 3.8) is 0 Å². The second kappa shape index (κ2) is 6.90. The summed E-state index contributed by atoms with van der Waals surface area (Å²) in [7, 11) is 0. The minimum Gasteiger partial charge on any atom is -0.375 e. The number of carbonyl (C=O) groups excluding carboxylic acids is 1. The molecule has 0 saturated carbocycles. The van der Waals surface area contributed by atoms with E-state index < -0.39 is 0 Å². The molecule has 20 heavy (non-hydrogen) atoms. The van der Waals surface area contributed by atoms with Crippen molar-refractivity contribution in [2.75, 3.05) is 19.7 Å². The highest BCUT2D eigenvalue weighted by atomic mass is 16.5. The number of amides is 1. The SMILES string of the molecule is CCC1(CC)CC(NC(C)C(=O)N2CCCC2)CCO1. The van der Waals surface area contributed by atoms with Crippen LogP contribution in [0.25, 0.3) is 0 Å². The van der Waals surface area contributed by atoms with E-state index in [0.29, 0.717) is 6.04 Å². The second-order valence-electron chi connectivity index (χ2n) is 6.35. The molecule has 1 N–H and O–H groups in total. The number of nitrogens with one attached hydrogen (secondary N) is 1. The first-order valence-corrected chi connectivity index (χ1v) is 8.29. The van der Waals surface area contributed by atoms with Crippen LogP contribution in [0, 0.1) is 0 Å². The first-order valence-electron chi connectivity index (χ1n) is 8.29. The van der Waals surface area contributed by atoms with E-state index in [1.54, 1.807) is 0 Å². The van der Waals surface area contributed by atoms with Gasteiger partial charge in [-0.25, -0.2) is 0 Å². The van der Waals surface area contributed by atoms with Crippen molar-refractivity contribution in [2.45, 2.75) is 77.0 Å². The highest BCUT2D eigenvalue weighted by molar-refractivity contribution is 5.81. The van der Waals surface area contributed by atoms with Gasteiger partial charge in [0.15, 0.2) is 0 Å². The van der Waals surface area contributed by atoms with Crippen LogP contribution in [0.5, 0.6) is 0 Å². The van der Waals surface area contributed by atoms with Crippen LogP contribution >= 0.6 is 0 Å². The van der Waals surface area contributed by atoms with Gasteiger partial charge in [0, 0.05) is 25.7 Å². The fraction of sp³-hybridized carbons (Fsp3) is 0.938. The maximum Gasteiger partial charge on any atom is 0.239 e. The second-order valence-corrected chi connectivity index (χ2v) is 6.35. The van der Waals surface area contributed by atoms with Crippen molar-refractivity contribution in [3.8, 4) is 0 Å². The van der Waals surface area contributed by atoms with Crippen molar-refractivity contribution in [2.24, 2.45) is 0 Å². The number of likely N-dealkylation sites (tertiary alicyclic amines) is 1. The van der Waals surface area contributed by atoms with E-state index in [-0.39, 0.29) is 17.6 Å². The summed E-state index contributed by atoms with van der Waals surface area (Å²) in [5.74, 6) is 0.271. The predicted octanol–water partition coefficient (Wildman–Crippen LogP) is 2.32. The molecule has 4 heteroatoms. The molecule has 1 amide bonds. The molecule has 2 aliphatic rings. The summed E-state index contributed by atoms with van der Waals surface area (Å²) >= 11 is 0. The Labute approximate surface area is 123 Å². The largest absolute Gasteiger partial charge is 0.375 e. The molecule has 0 radical (unpaired) electrons. The highest BCUT2D eigenvalue weighted by Crippen LogP contribution is 2.31. The Kier molecular flexibility index (Phi) is 5.44. The molecule has 0 bridgehead atoms. The Morgan fingerprint density at radius 2 is 2.00 bits per heavy atom. The lowest BCUT2D eigenvalue weighted by molar-refractivity contribution is -0.133. The number of hydrogen-bond donors (Lipinski definition) is 1. The molecule has 2 heterocycles. The maximum atomic E-state index is 12.4. The third-order valence-electron chi connectivity index (χ3n) is 5.06. The van der Waals surface area contributed by atoms with E-state index in [0.717, 1.165) is 58.2 Å². The van der Waals surface area contributed by atoms with Gasteiger partial charge in [-0.1, -0.05) is 13.8 Å². The van der Waals surface area contributed by atoms with Gasteiger partial charge < -0.3 is 15.0 Å². The van der Waals surface area contributed by atoms with Crippen LogP contribution in [-0.2, 0) is 9.53 Å². The zero-order valence-corrected chi connectivity index (χ0v) is 13.3. The van der Waals surface area contributed by atoms with Gasteiger partial charge in [-0.05, 0) is 45.4 Å². The van der Waals surface area contributed by atoms with Crippen molar-refractivity contribution >= 4 is 5.91 Å². The van der Waals surface area contributed by atoms with E-state index in [9.17, 15) is 4.79 Å². The molecule has 2 fully saturated rings. The molecule has 0 aromatic carbocycles. The Balaban J connectivity index is 1.87. The molecular formula is C16H30N2O2. The van der Waals surface area contributed by atoms with Gasteiger partial charge in [0.1, 0.15) is 0 Å².